The maximum atomic E-state index is 14.4. The van der Waals surface area contributed by atoms with Gasteiger partial charge in [-0.3, -0.25) is 43.9 Å². The highest BCUT2D eigenvalue weighted by Crippen LogP contribution is 2.32. The second-order valence-corrected chi connectivity index (χ2v) is 13.0. The van der Waals surface area contributed by atoms with E-state index >= 15 is 0 Å². The summed E-state index contributed by atoms with van der Waals surface area (Å²) in [6.45, 7) is 1.60. The van der Waals surface area contributed by atoms with Gasteiger partial charge in [-0.1, -0.05) is 42.5 Å². The third kappa shape index (κ3) is 9.43. The number of imide groups is 2. The summed E-state index contributed by atoms with van der Waals surface area (Å²) in [7, 11) is 0. The Hall–Kier alpha value is -5.90. The Morgan fingerprint density at radius 2 is 1.40 bits per heavy atom. The largest absolute Gasteiger partial charge is 0.382 e. The molecule has 55 heavy (non-hydrogen) atoms. The summed E-state index contributed by atoms with van der Waals surface area (Å²) in [5.74, 6) is -3.96. The molecule has 286 valence electrons. The average molecular weight is 756 g/mol. The molecule has 0 aromatic heterocycles. The van der Waals surface area contributed by atoms with Crippen LogP contribution in [-0.2, 0) is 28.7 Å². The Morgan fingerprint density at radius 1 is 0.782 bits per heavy atom. The van der Waals surface area contributed by atoms with Gasteiger partial charge in [-0.2, -0.15) is 0 Å². The van der Waals surface area contributed by atoms with E-state index in [1.807, 2.05) is 0 Å². The van der Waals surface area contributed by atoms with Crippen molar-refractivity contribution in [2.24, 2.45) is 0 Å². The number of nitrogens with zero attached hydrogens (tertiary/aromatic N) is 2. The summed E-state index contributed by atoms with van der Waals surface area (Å²) in [4.78, 5) is 79.0. The molecule has 0 radical (unpaired) electrons. The fraction of sp³-hybridized carbons (Fsp3) is 0.300. The van der Waals surface area contributed by atoms with Crippen LogP contribution < -0.4 is 16.0 Å². The van der Waals surface area contributed by atoms with Crippen molar-refractivity contribution in [3.63, 3.8) is 0 Å². The number of Topliss-reactive ketones (excluding diaryl/α,β-unsaturated/α-hetero) is 1. The molecule has 1 unspecified atom stereocenters. The van der Waals surface area contributed by atoms with Gasteiger partial charge in [0.15, 0.2) is 5.78 Å². The molecule has 0 saturated carbocycles. The maximum absolute atomic E-state index is 14.4. The first-order chi connectivity index (χ1) is 26.6. The molecule has 13 nitrogen and oxygen atoms in total. The van der Waals surface area contributed by atoms with Crippen molar-refractivity contribution in [1.29, 1.82) is 0 Å². The monoisotopic (exact) mass is 755 g/mol. The Labute approximate surface area is 315 Å². The standard InChI is InChI=1S/C40H39F2N5O8/c41-30-9-3-1-6-25(30)20-27-22-46(23-28(37(27)50)21-26-7-2-4-10-31(26)42)24-35(49)44-15-17-55-19-18-54-16-14-43-32-11-5-8-29-36(32)40(53)47(39(29)52)33-12-13-34(48)45-38(33)51/h1-11,20-21,33,43H,12-19,22-24H2,(H,44,49)(H,45,48,51)/b27-20+,28-21+. The number of ketones is 1. The number of anilines is 1. The molecule has 2 fully saturated rings. The van der Waals surface area contributed by atoms with Gasteiger partial charge in [0, 0.05) is 60.6 Å². The number of hydrogen-bond acceptors (Lipinski definition) is 10. The molecule has 3 aromatic carbocycles. The number of ether oxygens (including phenoxy) is 2. The first-order valence-corrected chi connectivity index (χ1v) is 17.8. The first-order valence-electron chi connectivity index (χ1n) is 17.8. The van der Waals surface area contributed by atoms with Crippen molar-refractivity contribution in [2.75, 3.05) is 64.5 Å². The van der Waals surface area contributed by atoms with Crippen LogP contribution in [0.2, 0.25) is 0 Å². The third-order valence-corrected chi connectivity index (χ3v) is 9.18. The highest BCUT2D eigenvalue weighted by atomic mass is 19.1. The minimum atomic E-state index is -1.05. The smallest absolute Gasteiger partial charge is 0.264 e. The van der Waals surface area contributed by atoms with Crippen molar-refractivity contribution in [2.45, 2.75) is 18.9 Å². The number of benzene rings is 3. The maximum Gasteiger partial charge on any atom is 0.264 e. The first kappa shape index (κ1) is 38.8. The highest BCUT2D eigenvalue weighted by molar-refractivity contribution is 6.25. The molecule has 1 atom stereocenters. The van der Waals surface area contributed by atoms with Gasteiger partial charge < -0.3 is 20.1 Å². The average Bonchev–Trinajstić information content (AvgIpc) is 3.42. The molecule has 2 saturated heterocycles. The number of rotatable bonds is 15. The van der Waals surface area contributed by atoms with Crippen LogP contribution >= 0.6 is 0 Å². The molecule has 0 bridgehead atoms. The lowest BCUT2D eigenvalue weighted by atomic mass is 9.94. The Bertz CT molecular complexity index is 2000. The minimum Gasteiger partial charge on any atom is -0.382 e. The van der Waals surface area contributed by atoms with E-state index in [-0.39, 0.29) is 111 Å². The molecular formula is C40H39F2N5O8. The van der Waals surface area contributed by atoms with Crippen molar-refractivity contribution >= 4 is 53.2 Å². The summed E-state index contributed by atoms with van der Waals surface area (Å²) < 4.78 is 40.0. The summed E-state index contributed by atoms with van der Waals surface area (Å²) in [5.41, 5.74) is 1.77. The summed E-state index contributed by atoms with van der Waals surface area (Å²) in [5, 5.41) is 8.06. The molecule has 3 heterocycles. The van der Waals surface area contributed by atoms with Crippen molar-refractivity contribution in [1.82, 2.24) is 20.4 Å². The zero-order valence-corrected chi connectivity index (χ0v) is 29.8. The predicted octanol–water partition coefficient (Wildman–Crippen LogP) is 2.98. The fourth-order valence-electron chi connectivity index (χ4n) is 6.55. The van der Waals surface area contributed by atoms with Crippen LogP contribution in [0, 0.1) is 11.6 Å². The van der Waals surface area contributed by atoms with Gasteiger partial charge in [0.25, 0.3) is 11.8 Å². The van der Waals surface area contributed by atoms with Gasteiger partial charge in [0.2, 0.25) is 17.7 Å². The number of carbonyl (C=O) groups excluding carboxylic acids is 6. The lowest BCUT2D eigenvalue weighted by molar-refractivity contribution is -0.136. The molecular weight excluding hydrogens is 716 g/mol. The highest BCUT2D eigenvalue weighted by Gasteiger charge is 2.45. The fourth-order valence-corrected chi connectivity index (χ4v) is 6.55. The van der Waals surface area contributed by atoms with Gasteiger partial charge in [-0.05, 0) is 42.8 Å². The van der Waals surface area contributed by atoms with Gasteiger partial charge in [-0.15, -0.1) is 0 Å². The Balaban J connectivity index is 0.913. The molecule has 3 N–H and O–H groups in total. The minimum absolute atomic E-state index is 0.0341. The molecule has 0 aliphatic carbocycles. The zero-order chi connectivity index (χ0) is 38.9. The van der Waals surface area contributed by atoms with E-state index in [4.69, 9.17) is 9.47 Å². The van der Waals surface area contributed by atoms with Gasteiger partial charge >= 0.3 is 0 Å². The van der Waals surface area contributed by atoms with Crippen LogP contribution in [-0.4, -0.2) is 110 Å². The SMILES string of the molecule is O=C(CN1C/C(=C\c2ccccc2F)C(=O)/C(=C/c2ccccc2F)C1)NCCOCCOCCNc1cccc2c1C(=O)N(C1CCC(=O)NC1=O)C2=O. The number of piperidine rings is 2. The Morgan fingerprint density at radius 3 is 2.02 bits per heavy atom. The number of likely N-dealkylation sites (tertiary alicyclic amines) is 1. The van der Waals surface area contributed by atoms with E-state index in [0.717, 1.165) is 4.90 Å². The van der Waals surface area contributed by atoms with E-state index in [9.17, 15) is 37.5 Å². The van der Waals surface area contributed by atoms with Gasteiger partial charge in [0.05, 0.1) is 44.1 Å². The van der Waals surface area contributed by atoms with Crippen molar-refractivity contribution in [3.8, 4) is 0 Å². The Kier molecular flexibility index (Phi) is 12.7. The normalized spacial score (nSPS) is 18.9. The number of halogens is 2. The van der Waals surface area contributed by atoms with Gasteiger partial charge in [-0.25, -0.2) is 8.78 Å². The molecule has 3 aliphatic rings. The van der Waals surface area contributed by atoms with Crippen LogP contribution in [0.1, 0.15) is 44.7 Å². The van der Waals surface area contributed by atoms with E-state index < -0.39 is 41.3 Å². The van der Waals surface area contributed by atoms with Crippen LogP contribution in [0.25, 0.3) is 12.2 Å². The molecule has 3 aromatic rings. The molecule has 15 heteroatoms. The zero-order valence-electron chi connectivity index (χ0n) is 29.8. The number of carbonyl (C=O) groups is 6. The molecule has 0 spiro atoms. The van der Waals surface area contributed by atoms with Gasteiger partial charge in [0.1, 0.15) is 17.7 Å². The molecule has 5 amide bonds. The van der Waals surface area contributed by atoms with Crippen molar-refractivity contribution in [3.05, 3.63) is 112 Å². The number of nitrogens with one attached hydrogen (secondary N) is 3. The second-order valence-electron chi connectivity index (χ2n) is 13.0. The van der Waals surface area contributed by atoms with Crippen LogP contribution in [0.15, 0.2) is 77.9 Å². The van der Waals surface area contributed by atoms with Crippen LogP contribution in [0.3, 0.4) is 0 Å². The van der Waals surface area contributed by atoms with Crippen LogP contribution in [0.4, 0.5) is 14.5 Å². The van der Waals surface area contributed by atoms with E-state index in [1.54, 1.807) is 53.4 Å². The predicted molar refractivity (Wildman–Crippen MR) is 196 cm³/mol. The summed E-state index contributed by atoms with van der Waals surface area (Å²) >= 11 is 0. The summed E-state index contributed by atoms with van der Waals surface area (Å²) in [6, 6.07) is 15.8. The molecule has 3 aliphatic heterocycles. The van der Waals surface area contributed by atoms with E-state index in [2.05, 4.69) is 16.0 Å². The summed E-state index contributed by atoms with van der Waals surface area (Å²) in [6.07, 6.45) is 3.02. The second kappa shape index (κ2) is 18.0. The number of amides is 5. The van der Waals surface area contributed by atoms with E-state index in [0.29, 0.717) is 12.2 Å². The number of hydrogen-bond donors (Lipinski definition) is 3. The van der Waals surface area contributed by atoms with E-state index in [1.165, 1.54) is 30.4 Å². The topological polar surface area (TPSA) is 163 Å². The molecule has 6 rings (SSSR count). The number of fused-ring (bicyclic) bond motifs is 1. The lowest BCUT2D eigenvalue weighted by Gasteiger charge is -2.29. The lowest BCUT2D eigenvalue weighted by Crippen LogP contribution is -2.54. The third-order valence-electron chi connectivity index (χ3n) is 9.18. The van der Waals surface area contributed by atoms with Crippen molar-refractivity contribution < 1.29 is 47.0 Å². The van der Waals surface area contributed by atoms with Crippen LogP contribution in [0.5, 0.6) is 0 Å². The quantitative estimate of drug-likeness (QED) is 0.119.